The summed E-state index contributed by atoms with van der Waals surface area (Å²) in [6, 6.07) is 1.58. The van der Waals surface area contributed by atoms with E-state index >= 15 is 0 Å². The minimum atomic E-state index is 0.504. The fourth-order valence-electron chi connectivity index (χ4n) is 4.78. The summed E-state index contributed by atoms with van der Waals surface area (Å²) >= 11 is 0. The molecule has 0 aromatic rings. The average Bonchev–Trinajstić information content (AvgIpc) is 2.52. The largest absolute Gasteiger partial charge is 0.317 e. The molecule has 1 saturated carbocycles. The van der Waals surface area contributed by atoms with Gasteiger partial charge in [0.15, 0.2) is 0 Å². The van der Waals surface area contributed by atoms with Crippen molar-refractivity contribution in [3.05, 3.63) is 0 Å². The van der Waals surface area contributed by atoms with Crippen LogP contribution in [-0.4, -0.2) is 37.1 Å². The Labute approximate surface area is 120 Å². The molecule has 0 bridgehead atoms. The molecule has 2 nitrogen and oxygen atoms in total. The summed E-state index contributed by atoms with van der Waals surface area (Å²) in [7, 11) is 2.39. The van der Waals surface area contributed by atoms with Crippen LogP contribution in [0.2, 0.25) is 0 Å². The lowest BCUT2D eigenvalue weighted by atomic mass is 9.63. The molecule has 2 heteroatoms. The normalized spacial score (nSPS) is 32.2. The summed E-state index contributed by atoms with van der Waals surface area (Å²) < 4.78 is 0. The van der Waals surface area contributed by atoms with E-state index in [1.54, 1.807) is 0 Å². The smallest absolute Gasteiger partial charge is 0.0108 e. The molecule has 112 valence electrons. The Bertz CT molecular complexity index is 272. The van der Waals surface area contributed by atoms with Crippen molar-refractivity contribution < 1.29 is 0 Å². The zero-order valence-corrected chi connectivity index (χ0v) is 13.8. The Kier molecular flexibility index (Phi) is 4.62. The quantitative estimate of drug-likeness (QED) is 0.820. The van der Waals surface area contributed by atoms with E-state index in [0.29, 0.717) is 10.8 Å². The van der Waals surface area contributed by atoms with Gasteiger partial charge in [-0.2, -0.15) is 0 Å². The second kappa shape index (κ2) is 5.73. The first-order valence-electron chi connectivity index (χ1n) is 8.22. The fraction of sp³-hybridized carbons (Fsp3) is 1.00. The first kappa shape index (κ1) is 15.3. The first-order valence-corrected chi connectivity index (χ1v) is 8.22. The van der Waals surface area contributed by atoms with Gasteiger partial charge in [0.05, 0.1) is 0 Å². The van der Waals surface area contributed by atoms with Crippen LogP contribution in [-0.2, 0) is 0 Å². The van der Waals surface area contributed by atoms with Gasteiger partial charge in [-0.05, 0) is 69.5 Å². The van der Waals surface area contributed by atoms with E-state index in [1.165, 1.54) is 51.6 Å². The van der Waals surface area contributed by atoms with Crippen molar-refractivity contribution in [2.24, 2.45) is 10.8 Å². The molecule has 1 unspecified atom stereocenters. The molecule has 2 rings (SSSR count). The minimum absolute atomic E-state index is 0.504. The first-order chi connectivity index (χ1) is 8.79. The molecule has 19 heavy (non-hydrogen) atoms. The Morgan fingerprint density at radius 1 is 0.895 bits per heavy atom. The van der Waals surface area contributed by atoms with E-state index in [4.69, 9.17) is 0 Å². The highest BCUT2D eigenvalue weighted by Gasteiger charge is 2.40. The topological polar surface area (TPSA) is 15.3 Å². The summed E-state index contributed by atoms with van der Waals surface area (Å²) in [5, 5.41) is 3.54. The van der Waals surface area contributed by atoms with Gasteiger partial charge in [-0.15, -0.1) is 0 Å². The van der Waals surface area contributed by atoms with Gasteiger partial charge in [0.1, 0.15) is 0 Å². The van der Waals surface area contributed by atoms with Crippen LogP contribution in [0.4, 0.5) is 0 Å². The molecule has 1 atom stereocenters. The molecule has 0 aromatic heterocycles. The van der Waals surface area contributed by atoms with Gasteiger partial charge in [0.25, 0.3) is 0 Å². The van der Waals surface area contributed by atoms with Crippen LogP contribution in [0.1, 0.15) is 66.2 Å². The lowest BCUT2D eigenvalue weighted by Crippen LogP contribution is -2.48. The van der Waals surface area contributed by atoms with Gasteiger partial charge in [0, 0.05) is 12.1 Å². The molecular formula is C17H34N2. The molecule has 2 fully saturated rings. The van der Waals surface area contributed by atoms with Gasteiger partial charge in [-0.25, -0.2) is 0 Å². The monoisotopic (exact) mass is 266 g/mol. The number of hydrogen-bond acceptors (Lipinski definition) is 2. The van der Waals surface area contributed by atoms with Crippen molar-refractivity contribution >= 4 is 0 Å². The van der Waals surface area contributed by atoms with Crippen molar-refractivity contribution in [3.63, 3.8) is 0 Å². The predicted octanol–water partition coefficient (Wildman–Crippen LogP) is 3.67. The van der Waals surface area contributed by atoms with Crippen molar-refractivity contribution in [1.29, 1.82) is 0 Å². The van der Waals surface area contributed by atoms with Gasteiger partial charge in [0.2, 0.25) is 0 Å². The maximum Gasteiger partial charge on any atom is 0.0108 e. The third kappa shape index (κ3) is 4.19. The number of rotatable bonds is 2. The van der Waals surface area contributed by atoms with Gasteiger partial charge >= 0.3 is 0 Å². The molecule has 1 N–H and O–H groups in total. The molecule has 0 aromatic carbocycles. The van der Waals surface area contributed by atoms with Crippen LogP contribution in [0.15, 0.2) is 0 Å². The highest BCUT2D eigenvalue weighted by atomic mass is 15.2. The second-order valence-corrected chi connectivity index (χ2v) is 8.57. The molecule has 1 aliphatic heterocycles. The number of nitrogens with one attached hydrogen (secondary N) is 1. The van der Waals surface area contributed by atoms with Crippen LogP contribution in [0.5, 0.6) is 0 Å². The molecule has 1 heterocycles. The third-order valence-corrected chi connectivity index (χ3v) is 5.23. The summed E-state index contributed by atoms with van der Waals surface area (Å²) in [6.45, 7) is 12.3. The molecule has 1 aliphatic carbocycles. The van der Waals surface area contributed by atoms with Crippen LogP contribution >= 0.6 is 0 Å². The maximum atomic E-state index is 3.54. The van der Waals surface area contributed by atoms with E-state index in [0.717, 1.165) is 12.1 Å². The molecule has 1 saturated heterocycles. The Morgan fingerprint density at radius 3 is 2.16 bits per heavy atom. The Hall–Kier alpha value is -0.0800. The summed E-state index contributed by atoms with van der Waals surface area (Å²) in [6.07, 6.45) is 8.16. The molecule has 0 spiro atoms. The van der Waals surface area contributed by atoms with E-state index < -0.39 is 0 Å². The van der Waals surface area contributed by atoms with E-state index in [-0.39, 0.29) is 0 Å². The zero-order chi connectivity index (χ0) is 14.1. The van der Waals surface area contributed by atoms with Crippen molar-refractivity contribution in [1.82, 2.24) is 10.2 Å². The van der Waals surface area contributed by atoms with E-state index in [2.05, 4.69) is 45.0 Å². The fourth-order valence-corrected chi connectivity index (χ4v) is 4.78. The van der Waals surface area contributed by atoms with Crippen molar-refractivity contribution in [2.45, 2.75) is 78.3 Å². The van der Waals surface area contributed by atoms with Gasteiger partial charge in [-0.3, -0.25) is 0 Å². The Balaban J connectivity index is 2.02. The van der Waals surface area contributed by atoms with Crippen LogP contribution < -0.4 is 5.32 Å². The zero-order valence-electron chi connectivity index (χ0n) is 13.8. The van der Waals surface area contributed by atoms with Crippen LogP contribution in [0.25, 0.3) is 0 Å². The minimum Gasteiger partial charge on any atom is -0.317 e. The van der Waals surface area contributed by atoms with Gasteiger partial charge < -0.3 is 10.2 Å². The SMILES string of the molecule is CN(C1CCCNCC1)C1CC(C)(C)CC(C)(C)C1. The third-order valence-electron chi connectivity index (χ3n) is 5.23. The Morgan fingerprint density at radius 2 is 1.53 bits per heavy atom. The van der Waals surface area contributed by atoms with E-state index in [1.807, 2.05) is 0 Å². The molecule has 0 amide bonds. The van der Waals surface area contributed by atoms with Crippen molar-refractivity contribution in [3.8, 4) is 0 Å². The predicted molar refractivity (Wildman–Crippen MR) is 83.5 cm³/mol. The maximum absolute atomic E-state index is 3.54. The second-order valence-electron chi connectivity index (χ2n) is 8.57. The van der Waals surface area contributed by atoms with E-state index in [9.17, 15) is 0 Å². The average molecular weight is 266 g/mol. The highest BCUT2D eigenvalue weighted by Crippen LogP contribution is 2.47. The summed E-state index contributed by atoms with van der Waals surface area (Å²) in [5.74, 6) is 0. The lowest BCUT2D eigenvalue weighted by Gasteiger charge is -2.49. The standard InChI is InChI=1S/C17H34N2/c1-16(2)11-15(12-17(3,4)13-16)19(5)14-7-6-9-18-10-8-14/h14-15,18H,6-13H2,1-5H3. The van der Waals surface area contributed by atoms with Crippen LogP contribution in [0.3, 0.4) is 0 Å². The lowest BCUT2D eigenvalue weighted by molar-refractivity contribution is 0.0155. The summed E-state index contributed by atoms with van der Waals surface area (Å²) in [5.41, 5.74) is 1.01. The van der Waals surface area contributed by atoms with Gasteiger partial charge in [-0.1, -0.05) is 27.7 Å². The molecular weight excluding hydrogens is 232 g/mol. The molecule has 2 aliphatic rings. The molecule has 0 radical (unpaired) electrons. The van der Waals surface area contributed by atoms with Crippen LogP contribution in [0, 0.1) is 10.8 Å². The summed E-state index contributed by atoms with van der Waals surface area (Å²) in [4.78, 5) is 2.73. The number of nitrogens with zero attached hydrogens (tertiary/aromatic N) is 1. The highest BCUT2D eigenvalue weighted by molar-refractivity contribution is 4.94. The number of hydrogen-bond donors (Lipinski definition) is 1. The van der Waals surface area contributed by atoms with Crippen molar-refractivity contribution in [2.75, 3.05) is 20.1 Å².